The summed E-state index contributed by atoms with van der Waals surface area (Å²) in [4.78, 5) is 28.9. The number of imide groups is 1. The highest BCUT2D eigenvalue weighted by molar-refractivity contribution is 6.06. The predicted molar refractivity (Wildman–Crippen MR) is 92.2 cm³/mol. The zero-order chi connectivity index (χ0) is 17.3. The van der Waals surface area contributed by atoms with Gasteiger partial charge in [0.2, 0.25) is 11.8 Å². The van der Waals surface area contributed by atoms with Crippen molar-refractivity contribution in [3.63, 3.8) is 0 Å². The van der Waals surface area contributed by atoms with Gasteiger partial charge in [0.1, 0.15) is 0 Å². The Balaban J connectivity index is 1.55. The van der Waals surface area contributed by atoms with Gasteiger partial charge in [-0.25, -0.2) is 0 Å². The molecule has 1 aliphatic carbocycles. The lowest BCUT2D eigenvalue weighted by Gasteiger charge is -2.34. The Bertz CT molecular complexity index is 477. The van der Waals surface area contributed by atoms with Crippen molar-refractivity contribution in [1.82, 2.24) is 9.80 Å². The maximum absolute atomic E-state index is 12.9. The third-order valence-corrected chi connectivity index (χ3v) is 6.46. The molecule has 5 nitrogen and oxygen atoms in total. The molecule has 3 fully saturated rings. The summed E-state index contributed by atoms with van der Waals surface area (Å²) in [5.41, 5.74) is -0.454. The van der Waals surface area contributed by atoms with Crippen molar-refractivity contribution in [2.45, 2.75) is 64.9 Å². The molecule has 5 heteroatoms. The predicted octanol–water partition coefficient (Wildman–Crippen LogP) is 2.03. The molecule has 136 valence electrons. The maximum atomic E-state index is 12.9. The van der Waals surface area contributed by atoms with E-state index in [0.717, 1.165) is 57.5 Å². The van der Waals surface area contributed by atoms with Gasteiger partial charge in [-0.3, -0.25) is 14.5 Å². The topological polar surface area (TPSA) is 60.9 Å². The van der Waals surface area contributed by atoms with Crippen LogP contribution >= 0.6 is 0 Å². The van der Waals surface area contributed by atoms with Gasteiger partial charge in [-0.05, 0) is 63.5 Å². The van der Waals surface area contributed by atoms with Crippen LogP contribution in [0.5, 0.6) is 0 Å². The number of likely N-dealkylation sites (tertiary alicyclic amines) is 2. The molecule has 3 rings (SSSR count). The monoisotopic (exact) mass is 336 g/mol. The zero-order valence-corrected chi connectivity index (χ0v) is 15.2. The van der Waals surface area contributed by atoms with Crippen LogP contribution in [0.4, 0.5) is 0 Å². The van der Waals surface area contributed by atoms with Crippen molar-refractivity contribution in [3.05, 3.63) is 0 Å². The largest absolute Gasteiger partial charge is 0.390 e. The number of aliphatic hydroxyl groups is 1. The first kappa shape index (κ1) is 17.9. The molecule has 1 atom stereocenters. The number of hydrogen-bond donors (Lipinski definition) is 1. The molecule has 0 aromatic rings. The van der Waals surface area contributed by atoms with Gasteiger partial charge in [0.05, 0.1) is 18.1 Å². The van der Waals surface area contributed by atoms with E-state index in [4.69, 9.17) is 0 Å². The van der Waals surface area contributed by atoms with Gasteiger partial charge in [0.25, 0.3) is 0 Å². The Labute approximate surface area is 145 Å². The van der Waals surface area contributed by atoms with Crippen molar-refractivity contribution >= 4 is 11.8 Å². The lowest BCUT2D eigenvalue weighted by molar-refractivity contribution is -0.144. The fourth-order valence-corrected chi connectivity index (χ4v) is 4.56. The fourth-order valence-electron chi connectivity index (χ4n) is 4.56. The van der Waals surface area contributed by atoms with Crippen LogP contribution in [-0.2, 0) is 9.59 Å². The Hall–Kier alpha value is -0.940. The van der Waals surface area contributed by atoms with E-state index in [-0.39, 0.29) is 18.4 Å². The Morgan fingerprint density at radius 2 is 1.62 bits per heavy atom. The van der Waals surface area contributed by atoms with E-state index in [1.54, 1.807) is 0 Å². The Morgan fingerprint density at radius 3 is 2.25 bits per heavy atom. The van der Waals surface area contributed by atoms with Crippen LogP contribution in [0.2, 0.25) is 0 Å². The Morgan fingerprint density at radius 1 is 1.04 bits per heavy atom. The standard InChI is InChI=1S/C19H32N2O3/c1-14-3-7-19(8-4-14)11-17(23)21(18(19)24)13-16(22)12-20-9-5-15(2)6-10-20/h14-16,22H,3-13H2,1-2H3. The molecule has 1 spiro atoms. The van der Waals surface area contributed by atoms with Crippen molar-refractivity contribution in [3.8, 4) is 0 Å². The highest BCUT2D eigenvalue weighted by Crippen LogP contribution is 2.46. The number of rotatable bonds is 4. The average molecular weight is 336 g/mol. The molecule has 2 heterocycles. The first-order chi connectivity index (χ1) is 11.4. The third-order valence-electron chi connectivity index (χ3n) is 6.46. The van der Waals surface area contributed by atoms with E-state index in [1.807, 2.05) is 0 Å². The van der Waals surface area contributed by atoms with E-state index < -0.39 is 11.5 Å². The minimum absolute atomic E-state index is 0.0225. The summed E-state index contributed by atoms with van der Waals surface area (Å²) in [5, 5.41) is 10.4. The number of hydrogen-bond acceptors (Lipinski definition) is 4. The van der Waals surface area contributed by atoms with Gasteiger partial charge in [-0.15, -0.1) is 0 Å². The number of aliphatic hydroxyl groups excluding tert-OH is 1. The second-order valence-electron chi connectivity index (χ2n) is 8.59. The molecule has 24 heavy (non-hydrogen) atoms. The number of carbonyl (C=O) groups is 2. The lowest BCUT2D eigenvalue weighted by Crippen LogP contribution is -2.46. The smallest absolute Gasteiger partial charge is 0.235 e. The summed E-state index contributed by atoms with van der Waals surface area (Å²) >= 11 is 0. The van der Waals surface area contributed by atoms with Crippen LogP contribution in [0.25, 0.3) is 0 Å². The quantitative estimate of drug-likeness (QED) is 0.798. The van der Waals surface area contributed by atoms with E-state index in [0.29, 0.717) is 18.9 Å². The van der Waals surface area contributed by atoms with Crippen molar-refractivity contribution in [2.24, 2.45) is 17.3 Å². The highest BCUT2D eigenvalue weighted by atomic mass is 16.3. The molecule has 1 unspecified atom stereocenters. The normalized spacial score (nSPS) is 34.3. The van der Waals surface area contributed by atoms with Crippen molar-refractivity contribution < 1.29 is 14.7 Å². The summed E-state index contributed by atoms with van der Waals surface area (Å²) in [5.74, 6) is 1.31. The van der Waals surface area contributed by atoms with Crippen molar-refractivity contribution in [2.75, 3.05) is 26.2 Å². The maximum Gasteiger partial charge on any atom is 0.235 e. The first-order valence-corrected chi connectivity index (χ1v) is 9.65. The van der Waals surface area contributed by atoms with E-state index in [9.17, 15) is 14.7 Å². The van der Waals surface area contributed by atoms with Crippen LogP contribution in [-0.4, -0.2) is 59.0 Å². The first-order valence-electron chi connectivity index (χ1n) is 9.65. The zero-order valence-electron chi connectivity index (χ0n) is 15.2. The van der Waals surface area contributed by atoms with Gasteiger partial charge >= 0.3 is 0 Å². The molecular weight excluding hydrogens is 304 g/mol. The minimum atomic E-state index is -0.635. The van der Waals surface area contributed by atoms with Crippen LogP contribution in [0.15, 0.2) is 0 Å². The molecular formula is C19H32N2O3. The molecule has 0 aromatic heterocycles. The van der Waals surface area contributed by atoms with E-state index in [2.05, 4.69) is 18.7 Å². The van der Waals surface area contributed by atoms with E-state index in [1.165, 1.54) is 4.90 Å². The van der Waals surface area contributed by atoms with Gasteiger partial charge < -0.3 is 10.0 Å². The lowest BCUT2D eigenvalue weighted by atomic mass is 9.70. The van der Waals surface area contributed by atoms with Gasteiger partial charge in [-0.2, -0.15) is 0 Å². The molecule has 2 saturated heterocycles. The fraction of sp³-hybridized carbons (Fsp3) is 0.895. The number of piperidine rings is 1. The number of β-amino-alcohol motifs (C(OH)–C–C–N with tert-alkyl or cyclic N) is 1. The summed E-state index contributed by atoms with van der Waals surface area (Å²) in [6.07, 6.45) is 5.76. The molecule has 0 bridgehead atoms. The molecule has 2 aliphatic heterocycles. The summed E-state index contributed by atoms with van der Waals surface area (Å²) < 4.78 is 0. The molecule has 2 amide bonds. The van der Waals surface area contributed by atoms with Crippen LogP contribution < -0.4 is 0 Å². The SMILES string of the molecule is CC1CCN(CC(O)CN2C(=O)CC3(CCC(C)CC3)C2=O)CC1. The van der Waals surface area contributed by atoms with E-state index >= 15 is 0 Å². The minimum Gasteiger partial charge on any atom is -0.390 e. The van der Waals surface area contributed by atoms with Crippen molar-refractivity contribution in [1.29, 1.82) is 0 Å². The summed E-state index contributed by atoms with van der Waals surface area (Å²) in [6, 6.07) is 0. The van der Waals surface area contributed by atoms with Crippen LogP contribution in [0, 0.1) is 17.3 Å². The summed E-state index contributed by atoms with van der Waals surface area (Å²) in [6.45, 7) is 7.22. The second kappa shape index (κ2) is 7.12. The number of carbonyl (C=O) groups excluding carboxylic acids is 2. The van der Waals surface area contributed by atoms with Gasteiger partial charge in [-0.1, -0.05) is 13.8 Å². The molecule has 1 saturated carbocycles. The number of nitrogens with zero attached hydrogens (tertiary/aromatic N) is 2. The number of amides is 2. The van der Waals surface area contributed by atoms with Gasteiger partial charge in [0, 0.05) is 13.0 Å². The Kier molecular flexibility index (Phi) is 5.30. The summed E-state index contributed by atoms with van der Waals surface area (Å²) in [7, 11) is 0. The second-order valence-corrected chi connectivity index (χ2v) is 8.59. The van der Waals surface area contributed by atoms with Gasteiger partial charge in [0.15, 0.2) is 0 Å². The average Bonchev–Trinajstić information content (AvgIpc) is 2.77. The van der Waals surface area contributed by atoms with Crippen LogP contribution in [0.1, 0.15) is 58.8 Å². The molecule has 1 N–H and O–H groups in total. The van der Waals surface area contributed by atoms with Crippen LogP contribution in [0.3, 0.4) is 0 Å². The highest BCUT2D eigenvalue weighted by Gasteiger charge is 2.52. The molecule has 0 aromatic carbocycles. The molecule has 3 aliphatic rings. The third kappa shape index (κ3) is 3.67. The molecule has 0 radical (unpaired) electrons.